The molecule has 2 aromatic rings. The average Bonchev–Trinajstić information content (AvgIpc) is 3.12. The molecule has 4 rings (SSSR count). The summed E-state index contributed by atoms with van der Waals surface area (Å²) in [7, 11) is 2.07. The summed E-state index contributed by atoms with van der Waals surface area (Å²) in [5, 5.41) is 22.0. The van der Waals surface area contributed by atoms with Gasteiger partial charge in [-0.15, -0.1) is 10.2 Å². The van der Waals surface area contributed by atoms with Crippen LogP contribution in [0, 0.1) is 0 Å². The van der Waals surface area contributed by atoms with Crippen molar-refractivity contribution in [1.29, 1.82) is 0 Å². The van der Waals surface area contributed by atoms with Gasteiger partial charge in [0.1, 0.15) is 11.4 Å². The summed E-state index contributed by atoms with van der Waals surface area (Å²) in [6, 6.07) is 3.10. The molecule has 1 fully saturated rings. The third kappa shape index (κ3) is 3.58. The van der Waals surface area contributed by atoms with Crippen LogP contribution in [0.25, 0.3) is 11.3 Å². The summed E-state index contributed by atoms with van der Waals surface area (Å²) in [6.07, 6.45) is -1.86. The number of nitrogens with one attached hydrogen (secondary N) is 1. The number of phenolic OH excluding ortho intramolecular Hbond substituents is 1. The Morgan fingerprint density at radius 2 is 2.11 bits per heavy atom. The van der Waals surface area contributed by atoms with Gasteiger partial charge in [-0.2, -0.15) is 13.2 Å². The average molecular weight is 394 g/mol. The van der Waals surface area contributed by atoms with E-state index >= 15 is 0 Å². The number of aromatic nitrogens is 2. The van der Waals surface area contributed by atoms with Crippen LogP contribution in [0.3, 0.4) is 0 Å². The van der Waals surface area contributed by atoms with Crippen molar-refractivity contribution in [2.24, 2.45) is 0 Å². The van der Waals surface area contributed by atoms with Gasteiger partial charge in [0.15, 0.2) is 11.6 Å². The number of ether oxygens (including phenoxy) is 1. The van der Waals surface area contributed by atoms with Crippen molar-refractivity contribution in [3.05, 3.63) is 29.3 Å². The monoisotopic (exact) mass is 394 g/mol. The number of phenols is 1. The molecule has 0 saturated carbocycles. The fourth-order valence-corrected chi connectivity index (χ4v) is 3.80. The van der Waals surface area contributed by atoms with E-state index in [0.29, 0.717) is 36.4 Å². The summed E-state index contributed by atoms with van der Waals surface area (Å²) in [4.78, 5) is 2.24. The van der Waals surface area contributed by atoms with Crippen LogP contribution in [0.15, 0.2) is 18.2 Å². The number of piperidine rings is 1. The Bertz CT molecular complexity index is 888. The van der Waals surface area contributed by atoms with Crippen LogP contribution in [0.2, 0.25) is 0 Å². The van der Waals surface area contributed by atoms with Crippen molar-refractivity contribution in [3.63, 3.8) is 0 Å². The van der Waals surface area contributed by atoms with E-state index in [1.165, 1.54) is 6.07 Å². The minimum atomic E-state index is -4.52. The summed E-state index contributed by atoms with van der Waals surface area (Å²) in [5.41, 5.74) is 0.405. The standard InChI is InChI=1S/C19H21F3N4O2/c1-26-7-2-3-12(10-26)23-18-17-14(6-8-28-17)16(24-25-18)13-5-4-11(9-15(13)27)19(20,21)22/h4-5,9,12,27H,2-3,6-8,10H2,1H3,(H,23,25)/t12-/m1/s1. The van der Waals surface area contributed by atoms with E-state index in [0.717, 1.165) is 37.6 Å². The zero-order valence-corrected chi connectivity index (χ0v) is 15.4. The van der Waals surface area contributed by atoms with Gasteiger partial charge in [-0.25, -0.2) is 0 Å². The number of hydrogen-bond acceptors (Lipinski definition) is 6. The number of nitrogens with zero attached hydrogens (tertiary/aromatic N) is 3. The Morgan fingerprint density at radius 1 is 1.29 bits per heavy atom. The normalized spacial score (nSPS) is 19.9. The van der Waals surface area contributed by atoms with Crippen LogP contribution in [0.1, 0.15) is 24.0 Å². The van der Waals surface area contributed by atoms with E-state index < -0.39 is 17.5 Å². The van der Waals surface area contributed by atoms with Crippen molar-refractivity contribution >= 4 is 5.82 Å². The number of likely N-dealkylation sites (N-methyl/N-ethyl adjacent to an activating group) is 1. The molecule has 0 amide bonds. The van der Waals surface area contributed by atoms with Crippen molar-refractivity contribution in [1.82, 2.24) is 15.1 Å². The number of halogens is 3. The first-order valence-electron chi connectivity index (χ1n) is 9.21. The molecule has 9 heteroatoms. The Labute approximate surface area is 160 Å². The van der Waals surface area contributed by atoms with Crippen LogP contribution in [-0.4, -0.2) is 53.0 Å². The quantitative estimate of drug-likeness (QED) is 0.833. The van der Waals surface area contributed by atoms with Gasteiger partial charge >= 0.3 is 6.18 Å². The van der Waals surface area contributed by atoms with Gasteiger partial charge in [0.2, 0.25) is 0 Å². The Balaban J connectivity index is 1.66. The molecule has 0 radical (unpaired) electrons. The highest BCUT2D eigenvalue weighted by Gasteiger charge is 2.32. The maximum absolute atomic E-state index is 12.9. The van der Waals surface area contributed by atoms with Crippen LogP contribution in [-0.2, 0) is 12.6 Å². The number of hydrogen-bond donors (Lipinski definition) is 2. The molecule has 6 nitrogen and oxygen atoms in total. The van der Waals surface area contributed by atoms with Gasteiger partial charge in [0.05, 0.1) is 12.2 Å². The van der Waals surface area contributed by atoms with Gasteiger partial charge in [-0.05, 0) is 44.6 Å². The Kier molecular flexibility index (Phi) is 4.78. The molecule has 2 aliphatic heterocycles. The maximum atomic E-state index is 12.9. The molecule has 1 aromatic carbocycles. The summed E-state index contributed by atoms with van der Waals surface area (Å²) >= 11 is 0. The number of likely N-dealkylation sites (tertiary alicyclic amines) is 1. The van der Waals surface area contributed by atoms with E-state index in [1.807, 2.05) is 0 Å². The maximum Gasteiger partial charge on any atom is 0.416 e. The third-order valence-corrected chi connectivity index (χ3v) is 5.17. The first-order valence-corrected chi connectivity index (χ1v) is 9.21. The number of benzene rings is 1. The van der Waals surface area contributed by atoms with Crippen LogP contribution in [0.4, 0.5) is 19.0 Å². The molecule has 0 bridgehead atoms. The second-order valence-corrected chi connectivity index (χ2v) is 7.28. The lowest BCUT2D eigenvalue weighted by molar-refractivity contribution is -0.137. The first-order chi connectivity index (χ1) is 13.3. The van der Waals surface area contributed by atoms with E-state index in [-0.39, 0.29) is 11.6 Å². The molecule has 0 unspecified atom stereocenters. The molecule has 150 valence electrons. The topological polar surface area (TPSA) is 70.5 Å². The molecule has 3 heterocycles. The van der Waals surface area contributed by atoms with E-state index in [4.69, 9.17) is 4.74 Å². The van der Waals surface area contributed by atoms with Gasteiger partial charge in [-0.1, -0.05) is 0 Å². The summed E-state index contributed by atoms with van der Waals surface area (Å²) < 4.78 is 44.3. The zero-order chi connectivity index (χ0) is 19.9. The van der Waals surface area contributed by atoms with E-state index in [1.54, 1.807) is 0 Å². The number of anilines is 1. The molecule has 1 saturated heterocycles. The molecule has 1 atom stereocenters. The van der Waals surface area contributed by atoms with Crippen molar-refractivity contribution in [3.8, 4) is 22.8 Å². The largest absolute Gasteiger partial charge is 0.507 e. The first kappa shape index (κ1) is 18.8. The van der Waals surface area contributed by atoms with Gasteiger partial charge < -0.3 is 20.1 Å². The molecule has 0 aliphatic carbocycles. The number of aromatic hydroxyl groups is 1. The number of rotatable bonds is 3. The minimum absolute atomic E-state index is 0.214. The lowest BCUT2D eigenvalue weighted by Gasteiger charge is -2.30. The summed E-state index contributed by atoms with van der Waals surface area (Å²) in [5.74, 6) is 0.633. The lowest BCUT2D eigenvalue weighted by Crippen LogP contribution is -2.40. The third-order valence-electron chi connectivity index (χ3n) is 5.17. The highest BCUT2D eigenvalue weighted by atomic mass is 19.4. The molecular formula is C19H21F3N4O2. The highest BCUT2D eigenvalue weighted by molar-refractivity contribution is 5.75. The minimum Gasteiger partial charge on any atom is -0.507 e. The summed E-state index contributed by atoms with van der Waals surface area (Å²) in [6.45, 7) is 2.39. The van der Waals surface area contributed by atoms with Crippen LogP contribution in [0.5, 0.6) is 11.5 Å². The number of fused-ring (bicyclic) bond motifs is 1. The van der Waals surface area contributed by atoms with Gasteiger partial charge in [-0.3, -0.25) is 0 Å². The molecule has 2 aliphatic rings. The zero-order valence-electron chi connectivity index (χ0n) is 15.4. The van der Waals surface area contributed by atoms with Crippen molar-refractivity contribution in [2.75, 3.05) is 32.1 Å². The fraction of sp³-hybridized carbons (Fsp3) is 0.474. The molecule has 28 heavy (non-hydrogen) atoms. The SMILES string of the molecule is CN1CCC[C@@H](Nc2nnc(-c3ccc(C(F)(F)F)cc3O)c3c2OCC3)C1. The molecule has 0 spiro atoms. The Morgan fingerprint density at radius 3 is 2.82 bits per heavy atom. The second-order valence-electron chi connectivity index (χ2n) is 7.28. The highest BCUT2D eigenvalue weighted by Crippen LogP contribution is 2.42. The van der Waals surface area contributed by atoms with E-state index in [9.17, 15) is 18.3 Å². The van der Waals surface area contributed by atoms with Crippen LogP contribution < -0.4 is 10.1 Å². The number of alkyl halides is 3. The predicted octanol–water partition coefficient (Wildman–Crippen LogP) is 3.31. The fourth-order valence-electron chi connectivity index (χ4n) is 3.80. The molecule has 1 aromatic heterocycles. The second kappa shape index (κ2) is 7.12. The van der Waals surface area contributed by atoms with Crippen LogP contribution >= 0.6 is 0 Å². The van der Waals surface area contributed by atoms with Gasteiger partial charge in [0.25, 0.3) is 0 Å². The van der Waals surface area contributed by atoms with E-state index in [2.05, 4.69) is 27.5 Å². The predicted molar refractivity (Wildman–Crippen MR) is 97.5 cm³/mol. The van der Waals surface area contributed by atoms with Gasteiger partial charge in [0, 0.05) is 30.1 Å². The molecule has 2 N–H and O–H groups in total. The molecular weight excluding hydrogens is 373 g/mol. The smallest absolute Gasteiger partial charge is 0.416 e. The Hall–Kier alpha value is -2.55. The van der Waals surface area contributed by atoms with Crippen molar-refractivity contribution < 1.29 is 23.0 Å². The lowest BCUT2D eigenvalue weighted by atomic mass is 10.0. The van der Waals surface area contributed by atoms with Crippen molar-refractivity contribution in [2.45, 2.75) is 31.5 Å².